The van der Waals surface area contributed by atoms with Gasteiger partial charge in [0.15, 0.2) is 11.6 Å². The van der Waals surface area contributed by atoms with Gasteiger partial charge in [-0.3, -0.25) is 0 Å². The van der Waals surface area contributed by atoms with E-state index in [9.17, 15) is 13.2 Å². The van der Waals surface area contributed by atoms with Gasteiger partial charge in [-0.05, 0) is 42.4 Å². The van der Waals surface area contributed by atoms with Gasteiger partial charge in [-0.15, -0.1) is 0 Å². The second-order valence-electron chi connectivity index (χ2n) is 10.5. The number of hydrogen-bond acceptors (Lipinski definition) is 6. The van der Waals surface area contributed by atoms with Gasteiger partial charge in [0.25, 0.3) is 0 Å². The number of halogens is 4. The Labute approximate surface area is 203 Å². The first kappa shape index (κ1) is 25.6. The van der Waals surface area contributed by atoms with Crippen LogP contribution >= 0.6 is 0 Å². The maximum atomic E-state index is 15.8. The number of aromatic nitrogens is 2. The Morgan fingerprint density at radius 2 is 1.91 bits per heavy atom. The molecule has 0 aliphatic carbocycles. The third kappa shape index (κ3) is 6.22. The fourth-order valence-corrected chi connectivity index (χ4v) is 4.88. The van der Waals surface area contributed by atoms with Gasteiger partial charge >= 0.3 is 6.18 Å². The molecular formula is C25H33F4N5O. The Morgan fingerprint density at radius 3 is 2.54 bits per heavy atom. The van der Waals surface area contributed by atoms with Crippen LogP contribution in [-0.2, 0) is 10.9 Å². The summed E-state index contributed by atoms with van der Waals surface area (Å²) in [5, 5.41) is 6.60. The molecule has 3 atom stereocenters. The first-order valence-electron chi connectivity index (χ1n) is 12.1. The normalized spacial score (nSPS) is 22.3. The molecule has 0 spiro atoms. The minimum absolute atomic E-state index is 0.0204. The van der Waals surface area contributed by atoms with E-state index in [0.717, 1.165) is 31.5 Å². The quantitative estimate of drug-likeness (QED) is 0.539. The Morgan fingerprint density at radius 1 is 1.17 bits per heavy atom. The molecule has 6 nitrogen and oxygen atoms in total. The maximum Gasteiger partial charge on any atom is 0.416 e. The van der Waals surface area contributed by atoms with Gasteiger partial charge in [0, 0.05) is 19.6 Å². The molecule has 10 heteroatoms. The summed E-state index contributed by atoms with van der Waals surface area (Å²) in [6, 6.07) is 4.66. The summed E-state index contributed by atoms with van der Waals surface area (Å²) < 4.78 is 60.7. The summed E-state index contributed by atoms with van der Waals surface area (Å²) in [4.78, 5) is 10.2. The summed E-state index contributed by atoms with van der Waals surface area (Å²) in [6.45, 7) is 8.96. The first-order chi connectivity index (χ1) is 16.5. The summed E-state index contributed by atoms with van der Waals surface area (Å²) in [5.74, 6) is -0.299. The molecular weight excluding hydrogens is 462 g/mol. The Bertz CT molecular complexity index is 987. The number of hydrogen-bond donors (Lipinski definition) is 2. The molecule has 2 fully saturated rings. The highest BCUT2D eigenvalue weighted by atomic mass is 19.4. The number of ether oxygens (including phenoxy) is 1. The molecule has 1 aromatic heterocycles. The highest BCUT2D eigenvalue weighted by Gasteiger charge is 2.34. The Balaban J connectivity index is 1.57. The lowest BCUT2D eigenvalue weighted by Gasteiger charge is -2.35. The first-order valence-corrected chi connectivity index (χ1v) is 12.1. The van der Waals surface area contributed by atoms with Gasteiger partial charge in [0.2, 0.25) is 5.82 Å². The van der Waals surface area contributed by atoms with Gasteiger partial charge in [0.1, 0.15) is 6.33 Å². The van der Waals surface area contributed by atoms with Crippen molar-refractivity contribution >= 4 is 11.6 Å². The number of nitrogens with zero attached hydrogens (tertiary/aromatic N) is 3. The zero-order valence-electron chi connectivity index (χ0n) is 20.3. The third-order valence-corrected chi connectivity index (χ3v) is 6.48. The van der Waals surface area contributed by atoms with E-state index in [1.54, 1.807) is 0 Å². The van der Waals surface area contributed by atoms with Gasteiger partial charge in [-0.25, -0.2) is 9.97 Å². The predicted molar refractivity (Wildman–Crippen MR) is 127 cm³/mol. The van der Waals surface area contributed by atoms with Crippen LogP contribution in [0.15, 0.2) is 30.6 Å². The molecule has 0 radical (unpaired) electrons. The van der Waals surface area contributed by atoms with Gasteiger partial charge in [-0.2, -0.15) is 17.6 Å². The molecule has 2 aliphatic rings. The van der Waals surface area contributed by atoms with Crippen molar-refractivity contribution in [3.8, 4) is 0 Å². The molecule has 0 saturated carbocycles. The second-order valence-corrected chi connectivity index (χ2v) is 10.5. The molecule has 0 amide bonds. The number of benzene rings is 1. The lowest BCUT2D eigenvalue weighted by atomic mass is 9.86. The standard InChI is InChI=1S/C25H33F4N5O/c1-24(2,3)13-18(20-14-30-10-12-35-20)33-22-21(26)23(32-15-31-22)34-11-4-5-19(34)16-6-8-17(9-7-16)25(27,28)29/h6-9,15,18-20,30H,4-5,10-14H2,1-3H3,(H,31,32,33)/t18-,19?,20?/m1/s1. The second kappa shape index (κ2) is 10.3. The van der Waals surface area contributed by atoms with E-state index >= 15 is 4.39 Å². The van der Waals surface area contributed by atoms with E-state index in [2.05, 4.69) is 41.4 Å². The monoisotopic (exact) mass is 495 g/mol. The molecule has 1 aromatic carbocycles. The van der Waals surface area contributed by atoms with Crippen molar-refractivity contribution in [2.45, 2.75) is 64.4 Å². The van der Waals surface area contributed by atoms with Crippen LogP contribution in [-0.4, -0.2) is 48.4 Å². The fourth-order valence-electron chi connectivity index (χ4n) is 4.88. The lowest BCUT2D eigenvalue weighted by Crippen LogP contribution is -2.49. The van der Waals surface area contributed by atoms with Crippen LogP contribution in [0.3, 0.4) is 0 Å². The molecule has 4 rings (SSSR count). The molecule has 192 valence electrons. The van der Waals surface area contributed by atoms with Crippen LogP contribution in [0.1, 0.15) is 57.2 Å². The van der Waals surface area contributed by atoms with Crippen molar-refractivity contribution < 1.29 is 22.3 Å². The molecule has 2 N–H and O–H groups in total. The number of nitrogens with one attached hydrogen (secondary N) is 2. The van der Waals surface area contributed by atoms with Crippen molar-refractivity contribution in [1.29, 1.82) is 0 Å². The highest BCUT2D eigenvalue weighted by molar-refractivity contribution is 5.53. The van der Waals surface area contributed by atoms with Crippen LogP contribution in [0.2, 0.25) is 0 Å². The van der Waals surface area contributed by atoms with Crippen LogP contribution in [0.5, 0.6) is 0 Å². The molecule has 2 aromatic rings. The minimum atomic E-state index is -4.39. The van der Waals surface area contributed by atoms with E-state index in [0.29, 0.717) is 31.7 Å². The van der Waals surface area contributed by atoms with Crippen molar-refractivity contribution in [3.05, 3.63) is 47.5 Å². The van der Waals surface area contributed by atoms with Gasteiger partial charge < -0.3 is 20.3 Å². The van der Waals surface area contributed by atoms with Gasteiger partial charge in [0.05, 0.1) is 30.4 Å². The van der Waals surface area contributed by atoms with Crippen molar-refractivity contribution in [1.82, 2.24) is 15.3 Å². The largest absolute Gasteiger partial charge is 0.416 e. The van der Waals surface area contributed by atoms with E-state index in [1.807, 2.05) is 4.90 Å². The Kier molecular flexibility index (Phi) is 7.51. The topological polar surface area (TPSA) is 62.3 Å². The number of anilines is 2. The van der Waals surface area contributed by atoms with E-state index in [1.165, 1.54) is 18.5 Å². The zero-order chi connectivity index (χ0) is 25.2. The number of morpholine rings is 1. The predicted octanol–water partition coefficient (Wildman–Crippen LogP) is 5.18. The summed E-state index contributed by atoms with van der Waals surface area (Å²) in [7, 11) is 0. The summed E-state index contributed by atoms with van der Waals surface area (Å²) in [6.07, 6.45) is -0.966. The van der Waals surface area contributed by atoms with E-state index in [4.69, 9.17) is 4.74 Å². The van der Waals surface area contributed by atoms with E-state index < -0.39 is 17.6 Å². The molecule has 3 heterocycles. The van der Waals surface area contributed by atoms with Crippen molar-refractivity contribution in [2.75, 3.05) is 36.5 Å². The number of alkyl halides is 3. The van der Waals surface area contributed by atoms with E-state index in [-0.39, 0.29) is 35.2 Å². The van der Waals surface area contributed by atoms with Gasteiger partial charge in [-0.1, -0.05) is 32.9 Å². The molecule has 2 aliphatic heterocycles. The molecule has 0 bridgehead atoms. The van der Waals surface area contributed by atoms with Crippen LogP contribution in [0, 0.1) is 11.2 Å². The minimum Gasteiger partial charge on any atom is -0.373 e. The van der Waals surface area contributed by atoms with Crippen LogP contribution < -0.4 is 15.5 Å². The molecule has 35 heavy (non-hydrogen) atoms. The molecule has 2 unspecified atom stereocenters. The zero-order valence-corrected chi connectivity index (χ0v) is 20.3. The SMILES string of the molecule is CC(C)(C)C[C@@H](Nc1ncnc(N2CCCC2c2ccc(C(F)(F)F)cc2)c1F)C1CNCCO1. The average Bonchev–Trinajstić information content (AvgIpc) is 3.29. The van der Waals surface area contributed by atoms with Crippen molar-refractivity contribution in [2.24, 2.45) is 5.41 Å². The van der Waals surface area contributed by atoms with Crippen LogP contribution in [0.25, 0.3) is 0 Å². The lowest BCUT2D eigenvalue weighted by molar-refractivity contribution is -0.137. The maximum absolute atomic E-state index is 15.8. The number of rotatable bonds is 6. The summed E-state index contributed by atoms with van der Waals surface area (Å²) >= 11 is 0. The average molecular weight is 496 g/mol. The molecule has 2 saturated heterocycles. The summed E-state index contributed by atoms with van der Waals surface area (Å²) in [5.41, 5.74) is -0.0157. The Hall–Kier alpha value is -2.46. The fraction of sp³-hybridized carbons (Fsp3) is 0.600. The smallest absolute Gasteiger partial charge is 0.373 e. The van der Waals surface area contributed by atoms with Crippen molar-refractivity contribution in [3.63, 3.8) is 0 Å². The van der Waals surface area contributed by atoms with Crippen LogP contribution in [0.4, 0.5) is 29.2 Å². The highest BCUT2D eigenvalue weighted by Crippen LogP contribution is 2.39. The third-order valence-electron chi connectivity index (χ3n) is 6.48.